The van der Waals surface area contributed by atoms with Crippen LogP contribution >= 0.6 is 0 Å². The van der Waals surface area contributed by atoms with Crippen LogP contribution in [0.4, 0.5) is 0 Å². The van der Waals surface area contributed by atoms with Crippen molar-refractivity contribution < 1.29 is 13.9 Å². The van der Waals surface area contributed by atoms with Crippen molar-refractivity contribution in [2.45, 2.75) is 12.8 Å². The van der Waals surface area contributed by atoms with E-state index in [4.69, 9.17) is 9.15 Å². The van der Waals surface area contributed by atoms with Gasteiger partial charge in [-0.2, -0.15) is 0 Å². The number of fused-ring (bicyclic) bond motifs is 1. The number of aromatic nitrogens is 1. The van der Waals surface area contributed by atoms with Gasteiger partial charge < -0.3 is 9.15 Å². The normalized spacial score (nSPS) is 16.1. The van der Waals surface area contributed by atoms with E-state index < -0.39 is 0 Å². The lowest BCUT2D eigenvalue weighted by Crippen LogP contribution is -2.15. The molecule has 0 spiro atoms. The van der Waals surface area contributed by atoms with Crippen LogP contribution in [-0.2, 0) is 12.8 Å². The molecule has 1 aromatic heterocycles. The molecule has 1 heterocycles. The second-order valence-electron chi connectivity index (χ2n) is 5.65. The van der Waals surface area contributed by atoms with Gasteiger partial charge in [-0.1, -0.05) is 24.3 Å². The molecule has 0 fully saturated rings. The smallest absolute Gasteiger partial charge is 0.263 e. The Morgan fingerprint density at radius 1 is 1.04 bits per heavy atom. The molecular formula is C19H15NO3. The molecule has 0 amide bonds. The third kappa shape index (κ3) is 2.75. The van der Waals surface area contributed by atoms with Crippen LogP contribution in [0.5, 0.6) is 11.5 Å². The summed E-state index contributed by atoms with van der Waals surface area (Å²) in [6, 6.07) is 15.7. The summed E-state index contributed by atoms with van der Waals surface area (Å²) in [6.07, 6.45) is 4.35. The van der Waals surface area contributed by atoms with Crippen molar-refractivity contribution in [3.63, 3.8) is 0 Å². The highest BCUT2D eigenvalue weighted by Crippen LogP contribution is 2.33. The third-order valence-corrected chi connectivity index (χ3v) is 4.10. The van der Waals surface area contributed by atoms with Crippen molar-refractivity contribution in [3.8, 4) is 11.5 Å². The van der Waals surface area contributed by atoms with Crippen LogP contribution in [0.15, 0.2) is 65.4 Å². The van der Waals surface area contributed by atoms with Crippen LogP contribution in [0.1, 0.15) is 21.8 Å². The van der Waals surface area contributed by atoms with E-state index in [1.165, 1.54) is 18.0 Å². The highest BCUT2D eigenvalue weighted by Gasteiger charge is 2.30. The van der Waals surface area contributed by atoms with Gasteiger partial charge in [-0.25, -0.2) is 4.98 Å². The molecule has 2 aromatic carbocycles. The maximum absolute atomic E-state index is 12.4. The summed E-state index contributed by atoms with van der Waals surface area (Å²) in [5.74, 6) is 1.66. The molecule has 1 atom stereocenters. The summed E-state index contributed by atoms with van der Waals surface area (Å²) in [5, 5.41) is 0. The molecule has 1 aliphatic carbocycles. The standard InChI is InChI=1S/C19H15NO3/c21-18(19-20-8-9-22-19)15-10-13-6-7-17(12-14(13)11-15)23-16-4-2-1-3-5-16/h1-9,12,15H,10-11H2/t15-/m0/s1. The maximum atomic E-state index is 12.4. The van der Waals surface area contributed by atoms with Crippen molar-refractivity contribution in [2.75, 3.05) is 0 Å². The molecule has 0 radical (unpaired) electrons. The van der Waals surface area contributed by atoms with E-state index >= 15 is 0 Å². The number of carbonyl (C=O) groups is 1. The number of nitrogens with zero attached hydrogens (tertiary/aromatic N) is 1. The molecule has 4 nitrogen and oxygen atoms in total. The Hall–Kier alpha value is -2.88. The monoisotopic (exact) mass is 305 g/mol. The van der Waals surface area contributed by atoms with Gasteiger partial charge in [0.2, 0.25) is 5.78 Å². The molecule has 3 aromatic rings. The van der Waals surface area contributed by atoms with Crippen LogP contribution in [0, 0.1) is 5.92 Å². The van der Waals surface area contributed by atoms with Crippen molar-refractivity contribution in [3.05, 3.63) is 78.0 Å². The number of carbonyl (C=O) groups excluding carboxylic acids is 1. The topological polar surface area (TPSA) is 52.3 Å². The van der Waals surface area contributed by atoms with E-state index in [9.17, 15) is 4.79 Å². The van der Waals surface area contributed by atoms with Gasteiger partial charge in [0.05, 0.1) is 6.20 Å². The van der Waals surface area contributed by atoms with Gasteiger partial charge in [0.25, 0.3) is 5.89 Å². The van der Waals surface area contributed by atoms with Gasteiger partial charge in [-0.15, -0.1) is 0 Å². The lowest BCUT2D eigenvalue weighted by atomic mass is 10.0. The van der Waals surface area contributed by atoms with Crippen molar-refractivity contribution in [2.24, 2.45) is 5.92 Å². The van der Waals surface area contributed by atoms with E-state index in [0.29, 0.717) is 6.42 Å². The number of hydrogen-bond donors (Lipinski definition) is 0. The number of Topliss-reactive ketones (excluding diaryl/α,β-unsaturated/α-hetero) is 1. The van der Waals surface area contributed by atoms with Crippen molar-refractivity contribution in [1.29, 1.82) is 0 Å². The first-order valence-electron chi connectivity index (χ1n) is 7.58. The Morgan fingerprint density at radius 3 is 2.65 bits per heavy atom. The molecule has 0 N–H and O–H groups in total. The highest BCUT2D eigenvalue weighted by molar-refractivity contribution is 5.94. The zero-order valence-electron chi connectivity index (χ0n) is 12.4. The Morgan fingerprint density at radius 2 is 1.87 bits per heavy atom. The first-order valence-corrected chi connectivity index (χ1v) is 7.58. The van der Waals surface area contributed by atoms with Crippen LogP contribution in [0.25, 0.3) is 0 Å². The van der Waals surface area contributed by atoms with E-state index in [-0.39, 0.29) is 17.6 Å². The zero-order valence-corrected chi connectivity index (χ0v) is 12.4. The van der Waals surface area contributed by atoms with Gasteiger partial charge in [0.15, 0.2) is 0 Å². The average Bonchev–Trinajstić information content (AvgIpc) is 3.24. The van der Waals surface area contributed by atoms with Gasteiger partial charge >= 0.3 is 0 Å². The molecule has 4 heteroatoms. The summed E-state index contributed by atoms with van der Waals surface area (Å²) >= 11 is 0. The molecule has 0 bridgehead atoms. The predicted molar refractivity (Wildman–Crippen MR) is 84.7 cm³/mol. The Bertz CT molecular complexity index is 825. The molecule has 1 aliphatic rings. The number of para-hydroxylation sites is 1. The third-order valence-electron chi connectivity index (χ3n) is 4.10. The fraction of sp³-hybridized carbons (Fsp3) is 0.158. The zero-order chi connectivity index (χ0) is 15.6. The molecule has 0 saturated carbocycles. The van der Waals surface area contributed by atoms with Gasteiger partial charge in [0.1, 0.15) is 17.8 Å². The number of ether oxygens (including phenoxy) is 1. The van der Waals surface area contributed by atoms with E-state index in [1.807, 2.05) is 48.5 Å². The molecular weight excluding hydrogens is 290 g/mol. The van der Waals surface area contributed by atoms with Crippen LogP contribution < -0.4 is 4.74 Å². The Kier molecular flexibility index (Phi) is 3.42. The number of hydrogen-bond acceptors (Lipinski definition) is 4. The summed E-state index contributed by atoms with van der Waals surface area (Å²) < 4.78 is 11.0. The quantitative estimate of drug-likeness (QED) is 0.682. The molecule has 114 valence electrons. The summed E-state index contributed by atoms with van der Waals surface area (Å²) in [7, 11) is 0. The first-order chi connectivity index (χ1) is 11.3. The summed E-state index contributed by atoms with van der Waals surface area (Å²) in [6.45, 7) is 0. The molecule has 4 rings (SSSR count). The van der Waals surface area contributed by atoms with Gasteiger partial charge in [-0.3, -0.25) is 4.79 Å². The number of oxazole rings is 1. The first kappa shape index (κ1) is 13.8. The minimum Gasteiger partial charge on any atom is -0.457 e. The SMILES string of the molecule is O=C(c1ncco1)[C@H]1Cc2ccc(Oc3ccccc3)cc2C1. The average molecular weight is 305 g/mol. The molecule has 23 heavy (non-hydrogen) atoms. The van der Waals surface area contributed by atoms with Crippen molar-refractivity contribution >= 4 is 5.78 Å². The van der Waals surface area contributed by atoms with Crippen LogP contribution in [-0.4, -0.2) is 10.8 Å². The lowest BCUT2D eigenvalue weighted by Gasteiger charge is -2.07. The number of ketones is 1. The minimum absolute atomic E-state index is 0.0308. The second kappa shape index (κ2) is 5.72. The Balaban J connectivity index is 1.52. The predicted octanol–water partition coefficient (Wildman–Crippen LogP) is 4.06. The van der Waals surface area contributed by atoms with E-state index in [0.717, 1.165) is 23.5 Å². The summed E-state index contributed by atoms with van der Waals surface area (Å²) in [5.41, 5.74) is 2.35. The van der Waals surface area contributed by atoms with Gasteiger partial charge in [0, 0.05) is 5.92 Å². The Labute approximate surface area is 133 Å². The van der Waals surface area contributed by atoms with Crippen LogP contribution in [0.3, 0.4) is 0 Å². The molecule has 0 unspecified atom stereocenters. The van der Waals surface area contributed by atoms with E-state index in [2.05, 4.69) is 4.98 Å². The van der Waals surface area contributed by atoms with Gasteiger partial charge in [-0.05, 0) is 48.2 Å². The van der Waals surface area contributed by atoms with Crippen LogP contribution in [0.2, 0.25) is 0 Å². The largest absolute Gasteiger partial charge is 0.457 e. The minimum atomic E-state index is -0.101. The fourth-order valence-corrected chi connectivity index (χ4v) is 2.99. The number of benzene rings is 2. The molecule has 0 saturated heterocycles. The van der Waals surface area contributed by atoms with Crippen molar-refractivity contribution in [1.82, 2.24) is 4.98 Å². The highest BCUT2D eigenvalue weighted by atomic mass is 16.5. The second-order valence-corrected chi connectivity index (χ2v) is 5.65. The maximum Gasteiger partial charge on any atom is 0.263 e. The van der Waals surface area contributed by atoms with E-state index in [1.54, 1.807) is 0 Å². The number of rotatable bonds is 4. The summed E-state index contributed by atoms with van der Waals surface area (Å²) in [4.78, 5) is 16.3. The lowest BCUT2D eigenvalue weighted by molar-refractivity contribution is 0.0889. The molecule has 0 aliphatic heterocycles. The fourth-order valence-electron chi connectivity index (χ4n) is 2.99.